The van der Waals surface area contributed by atoms with Crippen molar-refractivity contribution >= 4 is 0 Å². The zero-order valence-electron chi connectivity index (χ0n) is 7.90. The summed E-state index contributed by atoms with van der Waals surface area (Å²) in [7, 11) is 1.51. The molecule has 0 unspecified atom stereocenters. The largest absolute Gasteiger partial charge is 0.504 e. The zero-order valence-corrected chi connectivity index (χ0v) is 7.90. The van der Waals surface area contributed by atoms with Crippen molar-refractivity contribution < 1.29 is 19.3 Å². The molecule has 0 amide bonds. The van der Waals surface area contributed by atoms with Crippen LogP contribution in [-0.4, -0.2) is 25.4 Å². The highest BCUT2D eigenvalue weighted by Crippen LogP contribution is 2.31. The molecule has 0 atom stereocenters. The Labute approximate surface area is 82.0 Å². The summed E-state index contributed by atoms with van der Waals surface area (Å²) in [6.07, 6.45) is -0.329. The predicted molar refractivity (Wildman–Crippen MR) is 49.3 cm³/mol. The lowest BCUT2D eigenvalue weighted by atomic mass is 10.2. The van der Waals surface area contributed by atoms with Gasteiger partial charge in [-0.05, 0) is 12.1 Å². The van der Waals surface area contributed by atoms with Gasteiger partial charge in [-0.1, -0.05) is 6.07 Å². The molecule has 1 fully saturated rings. The van der Waals surface area contributed by atoms with Crippen molar-refractivity contribution in [1.29, 1.82) is 0 Å². The number of hydrogen-bond donors (Lipinski definition) is 1. The second kappa shape index (κ2) is 3.86. The van der Waals surface area contributed by atoms with Gasteiger partial charge in [-0.15, -0.1) is 0 Å². The molecule has 0 spiro atoms. The van der Waals surface area contributed by atoms with Crippen LogP contribution in [0, 0.1) is 0 Å². The number of aromatic hydroxyl groups is 1. The molecule has 1 aromatic rings. The molecule has 1 aliphatic rings. The average Bonchev–Trinajstić information content (AvgIpc) is 2.71. The van der Waals surface area contributed by atoms with Crippen LogP contribution in [0.1, 0.15) is 11.9 Å². The van der Waals surface area contributed by atoms with Gasteiger partial charge in [-0.2, -0.15) is 0 Å². The van der Waals surface area contributed by atoms with Crippen molar-refractivity contribution in [3.63, 3.8) is 0 Å². The van der Waals surface area contributed by atoms with Crippen molar-refractivity contribution in [2.24, 2.45) is 0 Å². The first-order valence-electron chi connectivity index (χ1n) is 4.41. The standard InChI is InChI=1S/C10H12O4/c1-12-9-6-7(2-3-8(9)11)10-13-4-5-14-10/h2-3,6,10-11H,4-5H2,1H3. The summed E-state index contributed by atoms with van der Waals surface area (Å²) in [5.41, 5.74) is 0.858. The van der Waals surface area contributed by atoms with Crippen LogP contribution in [0.2, 0.25) is 0 Å². The monoisotopic (exact) mass is 196 g/mol. The van der Waals surface area contributed by atoms with Crippen LogP contribution < -0.4 is 4.74 Å². The topological polar surface area (TPSA) is 47.9 Å². The molecule has 1 aliphatic heterocycles. The van der Waals surface area contributed by atoms with Crippen LogP contribution in [0.3, 0.4) is 0 Å². The lowest BCUT2D eigenvalue weighted by Gasteiger charge is -2.11. The minimum absolute atomic E-state index is 0.120. The van der Waals surface area contributed by atoms with Crippen LogP contribution in [-0.2, 0) is 9.47 Å². The number of methoxy groups -OCH3 is 1. The number of phenols is 1. The molecule has 1 saturated heterocycles. The summed E-state index contributed by atoms with van der Waals surface area (Å²) in [5.74, 6) is 0.552. The molecule has 2 rings (SSSR count). The highest BCUT2D eigenvalue weighted by molar-refractivity contribution is 5.42. The van der Waals surface area contributed by atoms with E-state index in [4.69, 9.17) is 14.2 Å². The quantitative estimate of drug-likeness (QED) is 0.777. The van der Waals surface area contributed by atoms with E-state index >= 15 is 0 Å². The van der Waals surface area contributed by atoms with Crippen LogP contribution >= 0.6 is 0 Å². The van der Waals surface area contributed by atoms with E-state index in [1.165, 1.54) is 7.11 Å². The van der Waals surface area contributed by atoms with Gasteiger partial charge in [0.2, 0.25) is 0 Å². The van der Waals surface area contributed by atoms with Gasteiger partial charge in [0.1, 0.15) is 0 Å². The van der Waals surface area contributed by atoms with E-state index in [9.17, 15) is 5.11 Å². The lowest BCUT2D eigenvalue weighted by Crippen LogP contribution is -1.98. The number of hydrogen-bond acceptors (Lipinski definition) is 4. The average molecular weight is 196 g/mol. The molecule has 0 bridgehead atoms. The third-order valence-corrected chi connectivity index (χ3v) is 2.10. The number of phenolic OH excluding ortho intramolecular Hbond substituents is 1. The van der Waals surface area contributed by atoms with Crippen LogP contribution in [0.4, 0.5) is 0 Å². The normalized spacial score (nSPS) is 17.2. The summed E-state index contributed by atoms with van der Waals surface area (Å²) in [6, 6.07) is 5.04. The minimum Gasteiger partial charge on any atom is -0.504 e. The Bertz CT molecular complexity index is 318. The zero-order chi connectivity index (χ0) is 9.97. The smallest absolute Gasteiger partial charge is 0.184 e. The van der Waals surface area contributed by atoms with E-state index in [0.29, 0.717) is 19.0 Å². The van der Waals surface area contributed by atoms with Gasteiger partial charge >= 0.3 is 0 Å². The summed E-state index contributed by atoms with van der Waals surface area (Å²) < 4.78 is 15.6. The lowest BCUT2D eigenvalue weighted by molar-refractivity contribution is -0.0442. The molecule has 14 heavy (non-hydrogen) atoms. The van der Waals surface area contributed by atoms with Crippen molar-refractivity contribution in [3.8, 4) is 11.5 Å². The third-order valence-electron chi connectivity index (χ3n) is 2.10. The second-order valence-electron chi connectivity index (χ2n) is 3.00. The van der Waals surface area contributed by atoms with Gasteiger partial charge in [-0.25, -0.2) is 0 Å². The Balaban J connectivity index is 2.25. The minimum atomic E-state index is -0.329. The highest BCUT2D eigenvalue weighted by Gasteiger charge is 2.19. The first-order chi connectivity index (χ1) is 6.81. The second-order valence-corrected chi connectivity index (χ2v) is 3.00. The Hall–Kier alpha value is -1.26. The van der Waals surface area contributed by atoms with Gasteiger partial charge < -0.3 is 19.3 Å². The fourth-order valence-corrected chi connectivity index (χ4v) is 1.39. The van der Waals surface area contributed by atoms with Crippen LogP contribution in [0.25, 0.3) is 0 Å². The summed E-state index contributed by atoms with van der Waals surface area (Å²) in [4.78, 5) is 0. The molecule has 1 heterocycles. The number of benzene rings is 1. The van der Waals surface area contributed by atoms with E-state index in [1.54, 1.807) is 18.2 Å². The van der Waals surface area contributed by atoms with Gasteiger partial charge in [0.05, 0.1) is 20.3 Å². The first-order valence-corrected chi connectivity index (χ1v) is 4.41. The predicted octanol–water partition coefficient (Wildman–Crippen LogP) is 1.45. The Kier molecular flexibility index (Phi) is 2.56. The van der Waals surface area contributed by atoms with Gasteiger partial charge in [0.25, 0.3) is 0 Å². The molecule has 4 heteroatoms. The third kappa shape index (κ3) is 1.66. The molecule has 0 saturated carbocycles. The maximum atomic E-state index is 9.37. The molecule has 76 valence electrons. The first kappa shape index (κ1) is 9.30. The SMILES string of the molecule is COc1cc(C2OCCO2)ccc1O. The molecular weight excluding hydrogens is 184 g/mol. The summed E-state index contributed by atoms with van der Waals surface area (Å²) in [5, 5.41) is 9.37. The highest BCUT2D eigenvalue weighted by atomic mass is 16.7. The maximum Gasteiger partial charge on any atom is 0.184 e. The van der Waals surface area contributed by atoms with Crippen molar-refractivity contribution in [1.82, 2.24) is 0 Å². The molecule has 0 aromatic heterocycles. The maximum absolute atomic E-state index is 9.37. The molecule has 0 aliphatic carbocycles. The van der Waals surface area contributed by atoms with Crippen molar-refractivity contribution in [2.75, 3.05) is 20.3 Å². The van der Waals surface area contributed by atoms with E-state index in [-0.39, 0.29) is 12.0 Å². The van der Waals surface area contributed by atoms with E-state index < -0.39 is 0 Å². The molecule has 4 nitrogen and oxygen atoms in total. The molecular formula is C10H12O4. The Morgan fingerprint density at radius 2 is 2.07 bits per heavy atom. The molecule has 1 N–H and O–H groups in total. The van der Waals surface area contributed by atoms with Gasteiger partial charge in [-0.3, -0.25) is 0 Å². The van der Waals surface area contributed by atoms with Crippen molar-refractivity contribution in [2.45, 2.75) is 6.29 Å². The molecule has 0 radical (unpaired) electrons. The molecule has 1 aromatic carbocycles. The summed E-state index contributed by atoms with van der Waals surface area (Å²) >= 11 is 0. The fraction of sp³-hybridized carbons (Fsp3) is 0.400. The van der Waals surface area contributed by atoms with Gasteiger partial charge in [0, 0.05) is 5.56 Å². The fourth-order valence-electron chi connectivity index (χ4n) is 1.39. The van der Waals surface area contributed by atoms with E-state index in [1.807, 2.05) is 0 Å². The van der Waals surface area contributed by atoms with Gasteiger partial charge in [0.15, 0.2) is 17.8 Å². The number of rotatable bonds is 2. The van der Waals surface area contributed by atoms with Crippen LogP contribution in [0.5, 0.6) is 11.5 Å². The van der Waals surface area contributed by atoms with Crippen molar-refractivity contribution in [3.05, 3.63) is 23.8 Å². The van der Waals surface area contributed by atoms with Crippen LogP contribution in [0.15, 0.2) is 18.2 Å². The van der Waals surface area contributed by atoms with E-state index in [0.717, 1.165) is 5.56 Å². The Morgan fingerprint density at radius 3 is 2.71 bits per heavy atom. The Morgan fingerprint density at radius 1 is 1.36 bits per heavy atom. The summed E-state index contributed by atoms with van der Waals surface area (Å²) in [6.45, 7) is 1.21. The van der Waals surface area contributed by atoms with E-state index in [2.05, 4.69) is 0 Å². The number of ether oxygens (including phenoxy) is 3.